The van der Waals surface area contributed by atoms with Crippen LogP contribution in [0.1, 0.15) is 20.8 Å². The molecule has 0 radical (unpaired) electrons. The molecule has 0 aromatic rings. The molecule has 2 amide bonds. The van der Waals surface area contributed by atoms with Crippen LogP contribution in [0, 0.1) is 0 Å². The third-order valence-corrected chi connectivity index (χ3v) is 13.2. The smallest absolute Gasteiger partial charge is 0.217 e. The monoisotopic (exact) mass is 1060 g/mol. The zero-order valence-corrected chi connectivity index (χ0v) is 38.8. The van der Waals surface area contributed by atoms with Gasteiger partial charge in [0.05, 0.1) is 39.1 Å². The zero-order valence-electron chi connectivity index (χ0n) is 38.8. The minimum absolute atomic E-state index is 0.728. The Bertz CT molecular complexity index is 1730. The Morgan fingerprint density at radius 1 is 0.389 bits per heavy atom. The predicted molar refractivity (Wildman–Crippen MR) is 221 cm³/mol. The highest BCUT2D eigenvalue weighted by atomic mass is 16.8. The van der Waals surface area contributed by atoms with Gasteiger partial charge < -0.3 is 150 Å². The molecule has 0 aliphatic carbocycles. The molecule has 0 bridgehead atoms. The molecular weight excluding hydrogens is 988 g/mol. The molecule has 0 spiro atoms. The van der Waals surface area contributed by atoms with Gasteiger partial charge in [-0.2, -0.15) is 0 Å². The molecule has 72 heavy (non-hydrogen) atoms. The molecule has 418 valence electrons. The second kappa shape index (κ2) is 25.3. The van der Waals surface area contributed by atoms with Crippen LogP contribution < -0.4 is 10.6 Å². The molecule has 0 aromatic carbocycles. The first kappa shape index (κ1) is 59.1. The minimum atomic E-state index is -2.23. The summed E-state index contributed by atoms with van der Waals surface area (Å²) >= 11 is 0. The molecule has 6 fully saturated rings. The number of nitrogens with one attached hydrogen (secondary N) is 2. The quantitative estimate of drug-likeness (QED) is 0.0643. The van der Waals surface area contributed by atoms with Gasteiger partial charge in [0.1, 0.15) is 140 Å². The average molecular weight is 1060 g/mol. The molecule has 6 aliphatic rings. The van der Waals surface area contributed by atoms with Crippen molar-refractivity contribution in [1.82, 2.24) is 10.6 Å². The molecule has 0 aromatic heterocycles. The lowest BCUT2D eigenvalue weighted by Crippen LogP contribution is -2.70. The van der Waals surface area contributed by atoms with E-state index in [4.69, 9.17) is 52.1 Å². The number of ether oxygens (including phenoxy) is 11. The largest absolute Gasteiger partial charge is 0.394 e. The van der Waals surface area contributed by atoms with E-state index < -0.39 is 229 Å². The summed E-state index contributed by atoms with van der Waals surface area (Å²) in [5.41, 5.74) is 0. The van der Waals surface area contributed by atoms with Crippen LogP contribution in [0.4, 0.5) is 0 Å². The second-order valence-electron chi connectivity index (χ2n) is 18.3. The third kappa shape index (κ3) is 12.8. The molecule has 6 saturated heterocycles. The Morgan fingerprint density at radius 3 is 1.35 bits per heavy atom. The zero-order chi connectivity index (χ0) is 53.2. The number of aliphatic hydroxyl groups excluding tert-OH is 17. The summed E-state index contributed by atoms with van der Waals surface area (Å²) in [6.07, 6.45) is -51.4. The summed E-state index contributed by atoms with van der Waals surface area (Å²) in [7, 11) is 0. The molecular formula is C40H68N2O30. The number of carbonyl (C=O) groups is 2. The first-order chi connectivity index (χ1) is 33.9. The maximum atomic E-state index is 12.7. The van der Waals surface area contributed by atoms with E-state index in [1.807, 2.05) is 0 Å². The lowest BCUT2D eigenvalue weighted by molar-refractivity contribution is -0.384. The Balaban J connectivity index is 1.26. The van der Waals surface area contributed by atoms with E-state index >= 15 is 0 Å². The van der Waals surface area contributed by atoms with Crippen molar-refractivity contribution in [3.63, 3.8) is 0 Å². The second-order valence-corrected chi connectivity index (χ2v) is 18.3. The fourth-order valence-corrected chi connectivity index (χ4v) is 9.06. The Morgan fingerprint density at radius 2 is 0.792 bits per heavy atom. The van der Waals surface area contributed by atoms with Crippen LogP contribution in [0.3, 0.4) is 0 Å². The summed E-state index contributed by atoms with van der Waals surface area (Å²) in [5.74, 6) is -1.60. The van der Waals surface area contributed by atoms with Crippen LogP contribution in [0.15, 0.2) is 0 Å². The average Bonchev–Trinajstić information content (AvgIpc) is 3.34. The molecule has 32 nitrogen and oxygen atoms in total. The van der Waals surface area contributed by atoms with Gasteiger partial charge in [0.15, 0.2) is 37.7 Å². The van der Waals surface area contributed by atoms with E-state index in [1.165, 1.54) is 6.92 Å². The van der Waals surface area contributed by atoms with Crippen molar-refractivity contribution in [2.45, 2.75) is 205 Å². The highest BCUT2D eigenvalue weighted by Crippen LogP contribution is 2.36. The van der Waals surface area contributed by atoms with Gasteiger partial charge in [0, 0.05) is 13.8 Å². The van der Waals surface area contributed by atoms with Crippen molar-refractivity contribution in [3.8, 4) is 0 Å². The van der Waals surface area contributed by atoms with Gasteiger partial charge in [-0.3, -0.25) is 9.59 Å². The SMILES string of the molecule is CC(=O)N[C@@H]1[C@@H](O)[C@H](O[C@@H]2O[C@H](CO)[C@@H](O[C@H]3O[C@H](CO[C@H]4O[C@H](CO)[C@@H](O)[C@H](O)[C@@H]4O)[C@@H](O)[C@H](O[C@@H]4O[C@H](CO)[C@@H](O)[C@H](O)[C@@H]4O)[C@@H]3O)[C@H](O)[C@H]2NC(C)=O)[C@@H](CO[C@H]2O[C@@H](C)[C@@H](O)[C@@H](O)[C@@H]2O)O[C@@H]1O. The predicted octanol–water partition coefficient (Wildman–Crippen LogP) is -12.8. The molecule has 19 N–H and O–H groups in total. The van der Waals surface area contributed by atoms with Crippen molar-refractivity contribution in [1.29, 1.82) is 0 Å². The molecule has 6 rings (SSSR count). The van der Waals surface area contributed by atoms with Crippen LogP contribution in [0.25, 0.3) is 0 Å². The fraction of sp³-hybridized carbons (Fsp3) is 0.950. The molecule has 0 unspecified atom stereocenters. The van der Waals surface area contributed by atoms with E-state index in [0.717, 1.165) is 13.8 Å². The third-order valence-electron chi connectivity index (χ3n) is 13.2. The minimum Gasteiger partial charge on any atom is -0.394 e. The van der Waals surface area contributed by atoms with Crippen LogP contribution in [0.2, 0.25) is 0 Å². The van der Waals surface area contributed by atoms with Gasteiger partial charge in [-0.05, 0) is 6.92 Å². The molecule has 32 heteroatoms. The van der Waals surface area contributed by atoms with Crippen LogP contribution in [-0.4, -0.2) is 316 Å². The summed E-state index contributed by atoms with van der Waals surface area (Å²) in [4.78, 5) is 24.8. The van der Waals surface area contributed by atoms with Crippen molar-refractivity contribution in [2.24, 2.45) is 0 Å². The first-order valence-electron chi connectivity index (χ1n) is 23.0. The Hall–Kier alpha value is -2.18. The van der Waals surface area contributed by atoms with E-state index in [9.17, 15) is 96.4 Å². The van der Waals surface area contributed by atoms with Crippen LogP contribution >= 0.6 is 0 Å². The lowest BCUT2D eigenvalue weighted by Gasteiger charge is -2.50. The number of hydrogen-bond donors (Lipinski definition) is 19. The highest BCUT2D eigenvalue weighted by Gasteiger charge is 2.57. The number of hydrogen-bond acceptors (Lipinski definition) is 30. The standard InChI is InChI=1S/C40H68N2O30/c1-9-19(48)25(54)28(57)37(64-9)63-8-16-33(23(52)17(35(61)65-16)41-10(2)46)70-36-18(42-11(3)47)24(53)32(14(6-45)68-36)71-40-31(60)34(72-39-30(59)27(56)21(50)13(5-44)67-39)22(51)15(69-40)7-62-38-29(58)26(55)20(49)12(4-43)66-38/h9,12-40,43-45,48-61H,4-8H2,1-3H3,(H,41,46)(H,42,47)/t9-,12+,13+,14+,15+,16+,17+,18+,19+,20+,21+,22+,23+,24+,25+,26-,27-,28-,29-,30-,31-,32+,33+,34-,35-,36-,37-,38-,39-,40+/m0/s1. The number of aliphatic hydroxyl groups is 17. The maximum absolute atomic E-state index is 12.7. The van der Waals surface area contributed by atoms with Gasteiger partial charge in [-0.25, -0.2) is 0 Å². The lowest BCUT2D eigenvalue weighted by atomic mass is 9.94. The van der Waals surface area contributed by atoms with Gasteiger partial charge >= 0.3 is 0 Å². The topological polar surface area (TPSA) is 504 Å². The summed E-state index contributed by atoms with van der Waals surface area (Å²) in [5, 5.41) is 186. The summed E-state index contributed by atoms with van der Waals surface area (Å²) in [6, 6.07) is -3.40. The van der Waals surface area contributed by atoms with Crippen molar-refractivity contribution < 1.29 is 149 Å². The van der Waals surface area contributed by atoms with E-state index in [0.29, 0.717) is 0 Å². The van der Waals surface area contributed by atoms with E-state index in [1.54, 1.807) is 0 Å². The van der Waals surface area contributed by atoms with Crippen LogP contribution in [0.5, 0.6) is 0 Å². The van der Waals surface area contributed by atoms with Crippen molar-refractivity contribution in [2.75, 3.05) is 33.0 Å². The highest BCUT2D eigenvalue weighted by molar-refractivity contribution is 5.73. The first-order valence-corrected chi connectivity index (χ1v) is 23.0. The number of carbonyl (C=O) groups excluding carboxylic acids is 2. The summed E-state index contributed by atoms with van der Waals surface area (Å²) in [6.45, 7) is -1.00. The van der Waals surface area contributed by atoms with Gasteiger partial charge in [0.2, 0.25) is 11.8 Å². The van der Waals surface area contributed by atoms with Gasteiger partial charge in [0.25, 0.3) is 0 Å². The number of rotatable bonds is 17. The Kier molecular flexibility index (Phi) is 20.8. The van der Waals surface area contributed by atoms with Gasteiger partial charge in [-0.1, -0.05) is 0 Å². The molecule has 6 aliphatic heterocycles. The fourth-order valence-electron chi connectivity index (χ4n) is 9.06. The molecule has 0 saturated carbocycles. The van der Waals surface area contributed by atoms with Gasteiger partial charge in [-0.15, -0.1) is 0 Å². The molecule has 30 atom stereocenters. The number of amides is 2. The maximum Gasteiger partial charge on any atom is 0.217 e. The van der Waals surface area contributed by atoms with Crippen molar-refractivity contribution >= 4 is 11.8 Å². The Labute approximate surface area is 408 Å². The molecule has 6 heterocycles. The van der Waals surface area contributed by atoms with E-state index in [-0.39, 0.29) is 0 Å². The normalized spacial score (nSPS) is 50.3. The van der Waals surface area contributed by atoms with Crippen LogP contribution in [-0.2, 0) is 61.7 Å². The van der Waals surface area contributed by atoms with E-state index in [2.05, 4.69) is 10.6 Å². The summed E-state index contributed by atoms with van der Waals surface area (Å²) < 4.78 is 62.8. The van der Waals surface area contributed by atoms with Crippen molar-refractivity contribution in [3.05, 3.63) is 0 Å².